The summed E-state index contributed by atoms with van der Waals surface area (Å²) < 4.78 is 10.9. The number of nitrogens with one attached hydrogen (secondary N) is 3. The third kappa shape index (κ3) is 5.74. The van der Waals surface area contributed by atoms with Crippen molar-refractivity contribution in [3.63, 3.8) is 0 Å². The topological polar surface area (TPSA) is 70.7 Å². The van der Waals surface area contributed by atoms with E-state index in [-0.39, 0.29) is 0 Å². The van der Waals surface area contributed by atoms with Gasteiger partial charge in [-0.1, -0.05) is 30.3 Å². The van der Waals surface area contributed by atoms with Crippen molar-refractivity contribution >= 4 is 16.9 Å². The van der Waals surface area contributed by atoms with Crippen LogP contribution in [0.3, 0.4) is 0 Å². The molecule has 0 aliphatic rings. The van der Waals surface area contributed by atoms with Crippen LogP contribution in [0.5, 0.6) is 5.75 Å². The molecule has 154 valence electrons. The van der Waals surface area contributed by atoms with Gasteiger partial charge in [-0.3, -0.25) is 4.99 Å². The number of rotatable bonds is 9. The summed E-state index contributed by atoms with van der Waals surface area (Å²) in [6.45, 7) is 4.59. The van der Waals surface area contributed by atoms with Gasteiger partial charge in [0.25, 0.3) is 0 Å². The SMILES string of the molecule is CN=C(NCCc1c[nH]c2ccccc12)NCc1ccc(C)cc1OCCOC. The lowest BCUT2D eigenvalue weighted by molar-refractivity contribution is 0.145. The van der Waals surface area contributed by atoms with Gasteiger partial charge in [-0.15, -0.1) is 0 Å². The lowest BCUT2D eigenvalue weighted by Gasteiger charge is -2.15. The van der Waals surface area contributed by atoms with Crippen LogP contribution in [0.1, 0.15) is 16.7 Å². The maximum atomic E-state index is 5.87. The summed E-state index contributed by atoms with van der Waals surface area (Å²) in [7, 11) is 3.46. The van der Waals surface area contributed by atoms with Crippen molar-refractivity contribution < 1.29 is 9.47 Å². The van der Waals surface area contributed by atoms with Gasteiger partial charge in [0, 0.05) is 49.9 Å². The fraction of sp³-hybridized carbons (Fsp3) is 0.348. The van der Waals surface area contributed by atoms with Crippen LogP contribution in [-0.2, 0) is 17.7 Å². The monoisotopic (exact) mass is 394 g/mol. The van der Waals surface area contributed by atoms with Crippen LogP contribution < -0.4 is 15.4 Å². The molecule has 3 N–H and O–H groups in total. The normalized spacial score (nSPS) is 11.6. The molecule has 6 heteroatoms. The summed E-state index contributed by atoms with van der Waals surface area (Å²) in [5.41, 5.74) is 4.73. The smallest absolute Gasteiger partial charge is 0.191 e. The molecule has 0 unspecified atom stereocenters. The van der Waals surface area contributed by atoms with E-state index < -0.39 is 0 Å². The Bertz CT molecular complexity index is 949. The Balaban J connectivity index is 1.53. The first-order valence-electron chi connectivity index (χ1n) is 9.92. The van der Waals surface area contributed by atoms with Gasteiger partial charge >= 0.3 is 0 Å². The van der Waals surface area contributed by atoms with E-state index in [0.717, 1.165) is 30.2 Å². The molecule has 0 aliphatic heterocycles. The van der Waals surface area contributed by atoms with Crippen LogP contribution >= 0.6 is 0 Å². The summed E-state index contributed by atoms with van der Waals surface area (Å²) >= 11 is 0. The highest BCUT2D eigenvalue weighted by atomic mass is 16.5. The molecular formula is C23H30N4O2. The Morgan fingerprint density at radius 2 is 1.93 bits per heavy atom. The Hall–Kier alpha value is -2.99. The predicted molar refractivity (Wildman–Crippen MR) is 119 cm³/mol. The molecule has 0 fully saturated rings. The summed E-state index contributed by atoms with van der Waals surface area (Å²) in [6.07, 6.45) is 3.00. The molecule has 0 atom stereocenters. The lowest BCUT2D eigenvalue weighted by atomic mass is 10.1. The molecule has 0 bridgehead atoms. The highest BCUT2D eigenvalue weighted by Gasteiger charge is 2.07. The fourth-order valence-corrected chi connectivity index (χ4v) is 3.23. The molecule has 0 radical (unpaired) electrons. The molecule has 2 aromatic carbocycles. The quantitative estimate of drug-likeness (QED) is 0.295. The van der Waals surface area contributed by atoms with E-state index in [0.29, 0.717) is 19.8 Å². The largest absolute Gasteiger partial charge is 0.491 e. The first kappa shape index (κ1) is 20.7. The van der Waals surface area contributed by atoms with Gasteiger partial charge in [-0.2, -0.15) is 0 Å². The fourth-order valence-electron chi connectivity index (χ4n) is 3.23. The Labute approximate surface area is 172 Å². The molecule has 1 aromatic heterocycles. The molecule has 6 nitrogen and oxygen atoms in total. The van der Waals surface area contributed by atoms with Gasteiger partial charge in [0.1, 0.15) is 12.4 Å². The Morgan fingerprint density at radius 3 is 2.76 bits per heavy atom. The molecule has 0 saturated heterocycles. The number of aliphatic imine (C=N–C) groups is 1. The number of benzene rings is 2. The number of para-hydroxylation sites is 1. The number of nitrogens with zero attached hydrogens (tertiary/aromatic N) is 1. The Kier molecular flexibility index (Phi) is 7.53. The number of ether oxygens (including phenoxy) is 2. The van der Waals surface area contributed by atoms with Crippen LogP contribution in [0.25, 0.3) is 10.9 Å². The summed E-state index contributed by atoms with van der Waals surface area (Å²) in [5, 5.41) is 8.04. The minimum Gasteiger partial charge on any atom is -0.491 e. The molecule has 0 amide bonds. The first-order chi connectivity index (χ1) is 14.2. The number of methoxy groups -OCH3 is 1. The van der Waals surface area contributed by atoms with Crippen LogP contribution in [0.4, 0.5) is 0 Å². The van der Waals surface area contributed by atoms with Crippen LogP contribution in [0.2, 0.25) is 0 Å². The molecule has 29 heavy (non-hydrogen) atoms. The number of H-pyrrole nitrogens is 1. The molecule has 0 aliphatic carbocycles. The van der Waals surface area contributed by atoms with Gasteiger partial charge in [0.05, 0.1) is 6.61 Å². The van der Waals surface area contributed by atoms with Gasteiger partial charge in [-0.05, 0) is 36.6 Å². The summed E-state index contributed by atoms with van der Waals surface area (Å²) in [6, 6.07) is 14.6. The van der Waals surface area contributed by atoms with Gasteiger partial charge in [-0.25, -0.2) is 0 Å². The molecule has 3 rings (SSSR count). The van der Waals surface area contributed by atoms with Crippen LogP contribution in [0, 0.1) is 6.92 Å². The van der Waals surface area contributed by atoms with E-state index in [1.807, 2.05) is 6.07 Å². The number of hydrogen-bond acceptors (Lipinski definition) is 3. The first-order valence-corrected chi connectivity index (χ1v) is 9.92. The van der Waals surface area contributed by atoms with Crippen molar-refractivity contribution in [2.24, 2.45) is 4.99 Å². The molecule has 0 saturated carbocycles. The van der Waals surface area contributed by atoms with Crippen molar-refractivity contribution in [1.82, 2.24) is 15.6 Å². The summed E-state index contributed by atoms with van der Waals surface area (Å²) in [5.74, 6) is 1.65. The number of aryl methyl sites for hydroxylation is 1. The van der Waals surface area contributed by atoms with Gasteiger partial charge < -0.3 is 25.1 Å². The van der Waals surface area contributed by atoms with Gasteiger partial charge in [0.2, 0.25) is 0 Å². The van der Waals surface area contributed by atoms with Crippen LogP contribution in [-0.4, -0.2) is 44.9 Å². The lowest BCUT2D eigenvalue weighted by Crippen LogP contribution is -2.37. The van der Waals surface area contributed by atoms with Crippen molar-refractivity contribution in [2.75, 3.05) is 33.9 Å². The maximum Gasteiger partial charge on any atom is 0.191 e. The average molecular weight is 395 g/mol. The van der Waals surface area contributed by atoms with Crippen molar-refractivity contribution in [2.45, 2.75) is 19.9 Å². The van der Waals surface area contributed by atoms with Crippen LogP contribution in [0.15, 0.2) is 53.7 Å². The van der Waals surface area contributed by atoms with E-state index in [1.54, 1.807) is 14.2 Å². The molecule has 1 heterocycles. The van der Waals surface area contributed by atoms with E-state index >= 15 is 0 Å². The molecule has 0 spiro atoms. The number of guanidine groups is 1. The van der Waals surface area contributed by atoms with E-state index in [9.17, 15) is 0 Å². The minimum absolute atomic E-state index is 0.532. The highest BCUT2D eigenvalue weighted by Crippen LogP contribution is 2.20. The molecular weight excluding hydrogens is 364 g/mol. The zero-order valence-corrected chi connectivity index (χ0v) is 17.4. The predicted octanol–water partition coefficient (Wildman–Crippen LogP) is 3.41. The standard InChI is InChI=1S/C23H30N4O2/c1-17-8-9-19(22(14-17)29-13-12-28-3)16-27-23(24-2)25-11-10-18-15-26-21-7-5-4-6-20(18)21/h4-9,14-15,26H,10-13,16H2,1-3H3,(H2,24,25,27). The van der Waals surface area contributed by atoms with E-state index in [4.69, 9.17) is 9.47 Å². The van der Waals surface area contributed by atoms with E-state index in [2.05, 4.69) is 70.1 Å². The number of aromatic amines is 1. The maximum absolute atomic E-state index is 5.87. The number of fused-ring (bicyclic) bond motifs is 1. The van der Waals surface area contributed by atoms with Crippen molar-refractivity contribution in [3.05, 3.63) is 65.4 Å². The number of aromatic nitrogens is 1. The minimum atomic E-state index is 0.532. The summed E-state index contributed by atoms with van der Waals surface area (Å²) in [4.78, 5) is 7.65. The second-order valence-corrected chi connectivity index (χ2v) is 6.91. The zero-order chi connectivity index (χ0) is 20.5. The third-order valence-electron chi connectivity index (χ3n) is 4.80. The van der Waals surface area contributed by atoms with Crippen molar-refractivity contribution in [3.8, 4) is 5.75 Å². The van der Waals surface area contributed by atoms with Gasteiger partial charge in [0.15, 0.2) is 5.96 Å². The zero-order valence-electron chi connectivity index (χ0n) is 17.4. The van der Waals surface area contributed by atoms with Crippen molar-refractivity contribution in [1.29, 1.82) is 0 Å². The number of hydrogen-bond donors (Lipinski definition) is 3. The second-order valence-electron chi connectivity index (χ2n) is 6.91. The average Bonchev–Trinajstić information content (AvgIpc) is 3.15. The molecule has 3 aromatic rings. The second kappa shape index (κ2) is 10.5. The highest BCUT2D eigenvalue weighted by molar-refractivity contribution is 5.83. The van der Waals surface area contributed by atoms with E-state index in [1.165, 1.54) is 22.0 Å². The third-order valence-corrected chi connectivity index (χ3v) is 4.80. The Morgan fingerprint density at radius 1 is 1.07 bits per heavy atom.